The molecule has 0 atom stereocenters. The minimum absolute atomic E-state index is 0.0844. The highest BCUT2D eigenvalue weighted by Crippen LogP contribution is 2.25. The van der Waals surface area contributed by atoms with Crippen LogP contribution in [0.4, 0.5) is 10.2 Å². The summed E-state index contributed by atoms with van der Waals surface area (Å²) in [5, 5.41) is 7.43. The molecule has 0 saturated carbocycles. The second kappa shape index (κ2) is 10.5. The smallest absolute Gasteiger partial charge is 0.249 e. The average Bonchev–Trinajstić information content (AvgIpc) is 3.18. The summed E-state index contributed by atoms with van der Waals surface area (Å²) in [5.41, 5.74) is 2.13. The Kier molecular flexibility index (Phi) is 7.50. The number of amides is 2. The van der Waals surface area contributed by atoms with Gasteiger partial charge in [-0.05, 0) is 30.7 Å². The number of anilines is 1. The van der Waals surface area contributed by atoms with Gasteiger partial charge in [-0.25, -0.2) is 9.07 Å². The third-order valence-corrected chi connectivity index (χ3v) is 4.57. The summed E-state index contributed by atoms with van der Waals surface area (Å²) in [5.74, 6) is -0.556. The summed E-state index contributed by atoms with van der Waals surface area (Å²) in [4.78, 5) is 26.4. The number of hydrogen-bond acceptors (Lipinski definition) is 4. The number of rotatable bonds is 9. The van der Waals surface area contributed by atoms with Crippen molar-refractivity contribution in [3.63, 3.8) is 0 Å². The Balaban J connectivity index is 1.88. The number of benzene rings is 2. The summed E-state index contributed by atoms with van der Waals surface area (Å²) in [6, 6.07) is 17.1. The van der Waals surface area contributed by atoms with E-state index in [0.29, 0.717) is 30.2 Å². The van der Waals surface area contributed by atoms with Crippen LogP contribution >= 0.6 is 0 Å². The molecular formula is C23H25FN4O3. The number of nitrogens with zero attached hydrogens (tertiary/aromatic N) is 3. The quantitative estimate of drug-likeness (QED) is 0.570. The molecule has 3 rings (SSSR count). The first-order chi connectivity index (χ1) is 15.0. The van der Waals surface area contributed by atoms with E-state index < -0.39 is 0 Å². The fourth-order valence-corrected chi connectivity index (χ4v) is 3.13. The number of hydrogen-bond donors (Lipinski definition) is 1. The first-order valence-corrected chi connectivity index (χ1v) is 9.99. The number of carbonyl (C=O) groups excluding carboxylic acids is 2. The second-order valence-electron chi connectivity index (χ2n) is 6.97. The Labute approximate surface area is 180 Å². The molecule has 162 valence electrons. The normalized spacial score (nSPS) is 10.7. The molecule has 1 N–H and O–H groups in total. The second-order valence-corrected chi connectivity index (χ2v) is 6.97. The zero-order chi connectivity index (χ0) is 22.2. The fourth-order valence-electron chi connectivity index (χ4n) is 3.13. The Hall–Kier alpha value is -3.52. The van der Waals surface area contributed by atoms with E-state index in [2.05, 4.69) is 10.4 Å². The van der Waals surface area contributed by atoms with Crippen molar-refractivity contribution in [3.05, 3.63) is 66.5 Å². The molecule has 3 aromatic rings. The molecule has 0 aliphatic heterocycles. The molecule has 2 amide bonds. The zero-order valence-electron chi connectivity index (χ0n) is 17.5. The molecule has 0 radical (unpaired) electrons. The van der Waals surface area contributed by atoms with Crippen molar-refractivity contribution in [1.29, 1.82) is 0 Å². The fraction of sp³-hybridized carbons (Fsp3) is 0.261. The molecule has 8 heteroatoms. The van der Waals surface area contributed by atoms with Gasteiger partial charge in [-0.1, -0.05) is 37.3 Å². The van der Waals surface area contributed by atoms with Crippen molar-refractivity contribution in [2.24, 2.45) is 0 Å². The van der Waals surface area contributed by atoms with Gasteiger partial charge in [-0.3, -0.25) is 9.59 Å². The molecule has 0 spiro atoms. The van der Waals surface area contributed by atoms with Crippen molar-refractivity contribution in [3.8, 4) is 16.9 Å². The highest BCUT2D eigenvalue weighted by atomic mass is 19.1. The predicted octanol–water partition coefficient (Wildman–Crippen LogP) is 3.50. The van der Waals surface area contributed by atoms with E-state index in [1.54, 1.807) is 22.9 Å². The SMILES string of the molecule is CCCN(CC(=O)Nc1cc(-c2ccccc2)nn1-c1ccc(F)cc1)C(=O)COC. The number of ether oxygens (including phenoxy) is 1. The van der Waals surface area contributed by atoms with Crippen LogP contribution in [-0.4, -0.2) is 53.3 Å². The van der Waals surface area contributed by atoms with Gasteiger partial charge < -0.3 is 15.0 Å². The molecule has 31 heavy (non-hydrogen) atoms. The van der Waals surface area contributed by atoms with Gasteiger partial charge in [0.1, 0.15) is 18.2 Å². The molecule has 0 aliphatic carbocycles. The van der Waals surface area contributed by atoms with Gasteiger partial charge in [0.05, 0.1) is 17.9 Å². The van der Waals surface area contributed by atoms with Crippen molar-refractivity contribution < 1.29 is 18.7 Å². The van der Waals surface area contributed by atoms with Crippen LogP contribution in [0, 0.1) is 5.82 Å². The third-order valence-electron chi connectivity index (χ3n) is 4.57. The van der Waals surface area contributed by atoms with E-state index in [1.165, 1.54) is 24.1 Å². The van der Waals surface area contributed by atoms with E-state index in [0.717, 1.165) is 5.56 Å². The monoisotopic (exact) mass is 424 g/mol. The summed E-state index contributed by atoms with van der Waals surface area (Å²) in [6.45, 7) is 2.19. The van der Waals surface area contributed by atoms with Crippen LogP contribution in [0.3, 0.4) is 0 Å². The van der Waals surface area contributed by atoms with E-state index in [1.807, 2.05) is 37.3 Å². The molecular weight excluding hydrogens is 399 g/mol. The molecule has 2 aromatic carbocycles. The van der Waals surface area contributed by atoms with E-state index in [-0.39, 0.29) is 30.8 Å². The summed E-state index contributed by atoms with van der Waals surface area (Å²) < 4.78 is 19.8. The van der Waals surface area contributed by atoms with Crippen LogP contribution in [0.25, 0.3) is 16.9 Å². The summed E-state index contributed by atoms with van der Waals surface area (Å²) in [7, 11) is 1.44. The van der Waals surface area contributed by atoms with E-state index in [4.69, 9.17) is 4.74 Å². The van der Waals surface area contributed by atoms with Crippen LogP contribution in [0.2, 0.25) is 0 Å². The molecule has 0 unspecified atom stereocenters. The predicted molar refractivity (Wildman–Crippen MR) is 116 cm³/mol. The number of aromatic nitrogens is 2. The van der Waals surface area contributed by atoms with Crippen LogP contribution in [-0.2, 0) is 14.3 Å². The third kappa shape index (κ3) is 5.76. The van der Waals surface area contributed by atoms with Gasteiger partial charge in [-0.2, -0.15) is 5.10 Å². The van der Waals surface area contributed by atoms with Gasteiger partial charge in [0.25, 0.3) is 0 Å². The maximum atomic E-state index is 13.4. The van der Waals surface area contributed by atoms with Crippen LogP contribution in [0.1, 0.15) is 13.3 Å². The van der Waals surface area contributed by atoms with Gasteiger partial charge in [-0.15, -0.1) is 0 Å². The lowest BCUT2D eigenvalue weighted by Gasteiger charge is -2.21. The minimum atomic E-state index is -0.364. The average molecular weight is 424 g/mol. The molecule has 0 fully saturated rings. The molecule has 7 nitrogen and oxygen atoms in total. The van der Waals surface area contributed by atoms with Crippen LogP contribution in [0.5, 0.6) is 0 Å². The van der Waals surface area contributed by atoms with Gasteiger partial charge >= 0.3 is 0 Å². The Morgan fingerprint density at radius 1 is 1.13 bits per heavy atom. The molecule has 0 saturated heterocycles. The first kappa shape index (κ1) is 22.2. The van der Waals surface area contributed by atoms with Crippen LogP contribution < -0.4 is 5.32 Å². The highest BCUT2D eigenvalue weighted by molar-refractivity contribution is 5.94. The molecule has 1 aromatic heterocycles. The Morgan fingerprint density at radius 3 is 2.48 bits per heavy atom. The van der Waals surface area contributed by atoms with E-state index >= 15 is 0 Å². The van der Waals surface area contributed by atoms with Crippen molar-refractivity contribution in [2.45, 2.75) is 13.3 Å². The first-order valence-electron chi connectivity index (χ1n) is 9.99. The lowest BCUT2D eigenvalue weighted by molar-refractivity contribution is -0.138. The number of carbonyl (C=O) groups is 2. The van der Waals surface area contributed by atoms with Gasteiger partial charge in [0, 0.05) is 25.3 Å². The van der Waals surface area contributed by atoms with Crippen molar-refractivity contribution in [1.82, 2.24) is 14.7 Å². The Bertz CT molecular complexity index is 1020. The molecule has 0 aliphatic rings. The van der Waals surface area contributed by atoms with Crippen molar-refractivity contribution >= 4 is 17.6 Å². The lowest BCUT2D eigenvalue weighted by atomic mass is 10.1. The standard InChI is InChI=1S/C23H25FN4O3/c1-3-13-27(23(30)16-31-2)15-22(29)25-21-14-20(17-7-5-4-6-8-17)26-28(21)19-11-9-18(24)10-12-19/h4-12,14H,3,13,15-16H2,1-2H3,(H,25,29). The van der Waals surface area contributed by atoms with E-state index in [9.17, 15) is 14.0 Å². The van der Waals surface area contributed by atoms with Crippen molar-refractivity contribution in [2.75, 3.05) is 32.1 Å². The topological polar surface area (TPSA) is 76.5 Å². The minimum Gasteiger partial charge on any atom is -0.375 e. The maximum Gasteiger partial charge on any atom is 0.249 e. The van der Waals surface area contributed by atoms with Crippen LogP contribution in [0.15, 0.2) is 60.7 Å². The number of methoxy groups -OCH3 is 1. The highest BCUT2D eigenvalue weighted by Gasteiger charge is 2.19. The van der Waals surface area contributed by atoms with Gasteiger partial charge in [0.2, 0.25) is 11.8 Å². The molecule has 0 bridgehead atoms. The summed E-state index contributed by atoms with van der Waals surface area (Å²) >= 11 is 0. The zero-order valence-corrected chi connectivity index (χ0v) is 17.5. The van der Waals surface area contributed by atoms with Gasteiger partial charge in [0.15, 0.2) is 0 Å². The Morgan fingerprint density at radius 2 is 1.84 bits per heavy atom. The summed E-state index contributed by atoms with van der Waals surface area (Å²) in [6.07, 6.45) is 0.717. The largest absolute Gasteiger partial charge is 0.375 e. The number of nitrogens with one attached hydrogen (secondary N) is 1. The molecule has 1 heterocycles. The lowest BCUT2D eigenvalue weighted by Crippen LogP contribution is -2.40. The maximum absolute atomic E-state index is 13.4. The number of halogens is 1.